The highest BCUT2D eigenvalue weighted by molar-refractivity contribution is 5.88. The second kappa shape index (κ2) is 6.63. The molecule has 0 heterocycles. The van der Waals surface area contributed by atoms with Gasteiger partial charge in [0.05, 0.1) is 13.7 Å². The first-order valence-electron chi connectivity index (χ1n) is 6.44. The number of nitrogens with two attached hydrogens (primary N) is 1. The number of fused-ring (bicyclic) bond motifs is 1. The summed E-state index contributed by atoms with van der Waals surface area (Å²) in [5, 5.41) is 4.79. The molecule has 1 unspecified atom stereocenters. The molecule has 0 saturated carbocycles. The summed E-state index contributed by atoms with van der Waals surface area (Å²) >= 11 is 0. The molecule has 3 nitrogen and oxygen atoms in total. The van der Waals surface area contributed by atoms with Crippen LogP contribution in [0, 0.1) is 0 Å². The maximum atomic E-state index is 12.4. The molecule has 0 aromatic heterocycles. The molecule has 0 fully saturated rings. The van der Waals surface area contributed by atoms with Crippen molar-refractivity contribution in [3.63, 3.8) is 0 Å². The van der Waals surface area contributed by atoms with Crippen LogP contribution in [0.25, 0.3) is 10.8 Å². The second-order valence-corrected chi connectivity index (χ2v) is 4.49. The Morgan fingerprint density at radius 1 is 1.20 bits per heavy atom. The van der Waals surface area contributed by atoms with Crippen LogP contribution in [0.2, 0.25) is 0 Å². The van der Waals surface area contributed by atoms with E-state index in [0.29, 0.717) is 5.75 Å². The molecule has 0 aliphatic rings. The average molecular weight is 280 g/mol. The lowest BCUT2D eigenvalue weighted by molar-refractivity contribution is 0.141. The molecule has 20 heavy (non-hydrogen) atoms. The Balaban J connectivity index is 2.48. The van der Waals surface area contributed by atoms with E-state index in [4.69, 9.17) is 10.5 Å². The average Bonchev–Trinajstić information content (AvgIpc) is 2.47. The van der Waals surface area contributed by atoms with Gasteiger partial charge in [-0.1, -0.05) is 30.3 Å². The minimum absolute atomic E-state index is 0.219. The summed E-state index contributed by atoms with van der Waals surface area (Å²) in [7, 11) is 1.56. The smallest absolute Gasteiger partial charge is 0.250 e. The van der Waals surface area contributed by atoms with Gasteiger partial charge < -0.3 is 15.8 Å². The molecule has 0 radical (unpaired) electrons. The number of methoxy groups -OCH3 is 1. The summed E-state index contributed by atoms with van der Waals surface area (Å²) in [6.07, 6.45) is -2.41. The first kappa shape index (κ1) is 14.7. The summed E-state index contributed by atoms with van der Waals surface area (Å²) in [4.78, 5) is 0. The SMILES string of the molecule is COc1ccc2ccccc2c1C(CN)NCC(F)F. The Hall–Kier alpha value is -1.72. The van der Waals surface area contributed by atoms with Gasteiger partial charge in [0.1, 0.15) is 5.75 Å². The highest BCUT2D eigenvalue weighted by Gasteiger charge is 2.18. The summed E-state index contributed by atoms with van der Waals surface area (Å²) in [6.45, 7) is -0.175. The van der Waals surface area contributed by atoms with Gasteiger partial charge in [0.25, 0.3) is 6.43 Å². The summed E-state index contributed by atoms with van der Waals surface area (Å²) in [5.74, 6) is 0.654. The molecule has 1 atom stereocenters. The maximum absolute atomic E-state index is 12.4. The molecule has 0 aliphatic heterocycles. The second-order valence-electron chi connectivity index (χ2n) is 4.49. The Morgan fingerprint density at radius 2 is 1.95 bits per heavy atom. The maximum Gasteiger partial charge on any atom is 0.250 e. The number of ether oxygens (including phenoxy) is 1. The standard InChI is InChI=1S/C15H18F2N2O/c1-20-13-7-6-10-4-2-3-5-11(10)15(13)12(8-18)19-9-14(16)17/h2-7,12,14,19H,8-9,18H2,1H3. The third-order valence-corrected chi connectivity index (χ3v) is 3.25. The molecule has 2 rings (SSSR count). The zero-order valence-corrected chi connectivity index (χ0v) is 11.3. The predicted octanol–water partition coefficient (Wildman–Crippen LogP) is 2.70. The Labute approximate surface area is 116 Å². The van der Waals surface area contributed by atoms with E-state index in [1.807, 2.05) is 36.4 Å². The van der Waals surface area contributed by atoms with E-state index in [2.05, 4.69) is 5.32 Å². The Bertz CT molecular complexity index is 575. The fourth-order valence-electron chi connectivity index (χ4n) is 2.35. The van der Waals surface area contributed by atoms with Crippen molar-refractivity contribution in [2.45, 2.75) is 12.5 Å². The lowest BCUT2D eigenvalue weighted by Crippen LogP contribution is -2.32. The molecule has 0 bridgehead atoms. The topological polar surface area (TPSA) is 47.3 Å². The Morgan fingerprint density at radius 3 is 2.60 bits per heavy atom. The van der Waals surface area contributed by atoms with Crippen molar-refractivity contribution >= 4 is 10.8 Å². The monoisotopic (exact) mass is 280 g/mol. The minimum Gasteiger partial charge on any atom is -0.496 e. The van der Waals surface area contributed by atoms with Crippen LogP contribution in [0.5, 0.6) is 5.75 Å². The molecule has 0 spiro atoms. The van der Waals surface area contributed by atoms with Gasteiger partial charge in [-0.3, -0.25) is 0 Å². The number of benzene rings is 2. The van der Waals surface area contributed by atoms with E-state index in [1.54, 1.807) is 7.11 Å². The fourth-order valence-corrected chi connectivity index (χ4v) is 2.35. The first-order valence-corrected chi connectivity index (χ1v) is 6.44. The van der Waals surface area contributed by atoms with Crippen LogP contribution in [0.4, 0.5) is 8.78 Å². The quantitative estimate of drug-likeness (QED) is 0.855. The number of hydrogen-bond donors (Lipinski definition) is 2. The van der Waals surface area contributed by atoms with Crippen LogP contribution in [0.15, 0.2) is 36.4 Å². The Kier molecular flexibility index (Phi) is 4.87. The summed E-state index contributed by atoms with van der Waals surface area (Å²) in [6, 6.07) is 11.2. The predicted molar refractivity (Wildman–Crippen MR) is 76.3 cm³/mol. The number of alkyl halides is 2. The van der Waals surface area contributed by atoms with E-state index >= 15 is 0 Å². The molecule has 3 N–H and O–H groups in total. The lowest BCUT2D eigenvalue weighted by Gasteiger charge is -2.21. The molecule has 0 amide bonds. The van der Waals surface area contributed by atoms with Crippen molar-refractivity contribution in [2.24, 2.45) is 5.73 Å². The fraction of sp³-hybridized carbons (Fsp3) is 0.333. The van der Waals surface area contributed by atoms with Gasteiger partial charge in [0.15, 0.2) is 0 Å². The summed E-state index contributed by atoms with van der Waals surface area (Å²) in [5.41, 5.74) is 6.57. The van der Waals surface area contributed by atoms with Crippen LogP contribution >= 0.6 is 0 Å². The van der Waals surface area contributed by atoms with Crippen LogP contribution in [-0.2, 0) is 0 Å². The number of rotatable bonds is 6. The zero-order valence-electron chi connectivity index (χ0n) is 11.3. The molecule has 2 aromatic carbocycles. The summed E-state index contributed by atoms with van der Waals surface area (Å²) < 4.78 is 30.2. The van der Waals surface area contributed by atoms with E-state index in [0.717, 1.165) is 16.3 Å². The number of hydrogen-bond acceptors (Lipinski definition) is 3. The van der Waals surface area contributed by atoms with Crippen molar-refractivity contribution in [3.05, 3.63) is 42.0 Å². The van der Waals surface area contributed by atoms with E-state index in [-0.39, 0.29) is 12.6 Å². The largest absolute Gasteiger partial charge is 0.496 e. The van der Waals surface area contributed by atoms with Crippen LogP contribution in [0.1, 0.15) is 11.6 Å². The van der Waals surface area contributed by atoms with Crippen LogP contribution in [0.3, 0.4) is 0 Å². The van der Waals surface area contributed by atoms with Crippen molar-refractivity contribution in [3.8, 4) is 5.75 Å². The van der Waals surface area contributed by atoms with Crippen molar-refractivity contribution < 1.29 is 13.5 Å². The van der Waals surface area contributed by atoms with Gasteiger partial charge in [-0.05, 0) is 16.8 Å². The number of halogens is 2. The minimum atomic E-state index is -2.41. The van der Waals surface area contributed by atoms with E-state index < -0.39 is 13.0 Å². The molecule has 0 saturated heterocycles. The third kappa shape index (κ3) is 3.05. The van der Waals surface area contributed by atoms with Crippen LogP contribution in [-0.4, -0.2) is 26.6 Å². The van der Waals surface area contributed by atoms with Gasteiger partial charge in [-0.15, -0.1) is 0 Å². The number of nitrogens with one attached hydrogen (secondary N) is 1. The highest BCUT2D eigenvalue weighted by Crippen LogP contribution is 2.32. The third-order valence-electron chi connectivity index (χ3n) is 3.25. The molecule has 0 aliphatic carbocycles. The van der Waals surface area contributed by atoms with Gasteiger partial charge in [0.2, 0.25) is 0 Å². The normalized spacial score (nSPS) is 12.8. The molecule has 108 valence electrons. The van der Waals surface area contributed by atoms with E-state index in [9.17, 15) is 8.78 Å². The lowest BCUT2D eigenvalue weighted by atomic mass is 9.97. The van der Waals surface area contributed by atoms with Gasteiger partial charge in [-0.25, -0.2) is 8.78 Å². The highest BCUT2D eigenvalue weighted by atomic mass is 19.3. The van der Waals surface area contributed by atoms with Gasteiger partial charge >= 0.3 is 0 Å². The van der Waals surface area contributed by atoms with Gasteiger partial charge in [-0.2, -0.15) is 0 Å². The van der Waals surface area contributed by atoms with Crippen molar-refractivity contribution in [1.82, 2.24) is 5.32 Å². The molecule has 5 heteroatoms. The molecular formula is C15H18F2N2O. The van der Waals surface area contributed by atoms with Crippen LogP contribution < -0.4 is 15.8 Å². The zero-order chi connectivity index (χ0) is 14.5. The van der Waals surface area contributed by atoms with Crippen molar-refractivity contribution in [1.29, 1.82) is 0 Å². The van der Waals surface area contributed by atoms with E-state index in [1.165, 1.54) is 0 Å². The molecular weight excluding hydrogens is 262 g/mol. The first-order chi connectivity index (χ1) is 9.67. The van der Waals surface area contributed by atoms with Gasteiger partial charge in [0, 0.05) is 18.2 Å². The van der Waals surface area contributed by atoms with Crippen molar-refractivity contribution in [2.75, 3.05) is 20.2 Å². The molecule has 2 aromatic rings.